The zero-order chi connectivity index (χ0) is 14.8. The number of benzene rings is 1. The van der Waals surface area contributed by atoms with Crippen LogP contribution in [-0.2, 0) is 0 Å². The molecule has 20 heavy (non-hydrogen) atoms. The molecule has 0 aliphatic heterocycles. The summed E-state index contributed by atoms with van der Waals surface area (Å²) in [6.45, 7) is 4.32. The van der Waals surface area contributed by atoms with Gasteiger partial charge in [-0.1, -0.05) is 86.4 Å². The molecule has 1 N–H and O–H groups in total. The zero-order valence-electron chi connectivity index (χ0n) is 13.0. The number of unbranched alkanes of at least 4 members (excludes halogenated alkanes) is 7. The van der Waals surface area contributed by atoms with Gasteiger partial charge in [-0.3, -0.25) is 0 Å². The zero-order valence-corrected chi connectivity index (χ0v) is 14.6. The Labute approximate surface area is 132 Å². The summed E-state index contributed by atoms with van der Waals surface area (Å²) in [6, 6.07) is 6.15. The molecule has 0 aliphatic rings. The number of hydrogen-bond acceptors (Lipinski definition) is 1. The molecule has 0 saturated carbocycles. The second kappa shape index (κ2) is 10.4. The summed E-state index contributed by atoms with van der Waals surface area (Å²) in [4.78, 5) is 0. The fourth-order valence-corrected chi connectivity index (χ4v) is 2.85. The van der Waals surface area contributed by atoms with Crippen LogP contribution in [0.3, 0.4) is 0 Å². The second-order valence-corrected chi connectivity index (χ2v) is 6.64. The average Bonchev–Trinajstić information content (AvgIpc) is 2.44. The van der Waals surface area contributed by atoms with Crippen LogP contribution in [0.5, 0.6) is 0 Å². The Morgan fingerprint density at radius 2 is 1.60 bits per heavy atom. The van der Waals surface area contributed by atoms with Gasteiger partial charge in [0.15, 0.2) is 0 Å². The minimum absolute atomic E-state index is 0.313. The van der Waals surface area contributed by atoms with Crippen molar-refractivity contribution in [3.8, 4) is 0 Å². The van der Waals surface area contributed by atoms with Crippen LogP contribution in [0.2, 0.25) is 0 Å². The maximum absolute atomic E-state index is 10.2. The van der Waals surface area contributed by atoms with Crippen molar-refractivity contribution in [1.82, 2.24) is 0 Å². The predicted octanol–water partition coefficient (Wildman–Crippen LogP) is 6.32. The molecule has 0 saturated heterocycles. The first-order chi connectivity index (χ1) is 9.65. The molecule has 0 aromatic heterocycles. The average molecular weight is 341 g/mol. The van der Waals surface area contributed by atoms with Gasteiger partial charge in [0.1, 0.15) is 0 Å². The molecule has 2 heteroatoms. The largest absolute Gasteiger partial charge is 0.388 e. The van der Waals surface area contributed by atoms with Crippen molar-refractivity contribution in [3.63, 3.8) is 0 Å². The number of hydrogen-bond donors (Lipinski definition) is 1. The predicted molar refractivity (Wildman–Crippen MR) is 91.1 cm³/mol. The number of aryl methyl sites for hydroxylation is 1. The Morgan fingerprint density at radius 3 is 2.20 bits per heavy atom. The van der Waals surface area contributed by atoms with E-state index in [0.717, 1.165) is 22.9 Å². The first kappa shape index (κ1) is 17.7. The Bertz CT molecular complexity index is 376. The van der Waals surface area contributed by atoms with Gasteiger partial charge in [0.2, 0.25) is 0 Å². The monoisotopic (exact) mass is 340 g/mol. The highest BCUT2D eigenvalue weighted by molar-refractivity contribution is 9.10. The van der Waals surface area contributed by atoms with Crippen molar-refractivity contribution in [1.29, 1.82) is 0 Å². The molecule has 0 amide bonds. The van der Waals surface area contributed by atoms with Gasteiger partial charge in [-0.2, -0.15) is 0 Å². The van der Waals surface area contributed by atoms with Crippen molar-refractivity contribution in [2.24, 2.45) is 0 Å². The van der Waals surface area contributed by atoms with Crippen LogP contribution < -0.4 is 0 Å². The Hall–Kier alpha value is -0.340. The third-order valence-electron chi connectivity index (χ3n) is 3.91. The minimum atomic E-state index is -0.313. The number of rotatable bonds is 10. The van der Waals surface area contributed by atoms with Gasteiger partial charge in [0.05, 0.1) is 6.10 Å². The van der Waals surface area contributed by atoms with Gasteiger partial charge in [-0.15, -0.1) is 0 Å². The summed E-state index contributed by atoms with van der Waals surface area (Å²) in [5.41, 5.74) is 2.25. The van der Waals surface area contributed by atoms with Crippen LogP contribution in [0.1, 0.15) is 81.9 Å². The van der Waals surface area contributed by atoms with E-state index < -0.39 is 0 Å². The highest BCUT2D eigenvalue weighted by atomic mass is 79.9. The summed E-state index contributed by atoms with van der Waals surface area (Å²) in [7, 11) is 0. The van der Waals surface area contributed by atoms with E-state index in [-0.39, 0.29) is 6.10 Å². The van der Waals surface area contributed by atoms with E-state index in [4.69, 9.17) is 0 Å². The second-order valence-electron chi connectivity index (χ2n) is 5.79. The van der Waals surface area contributed by atoms with Crippen molar-refractivity contribution in [2.45, 2.75) is 77.7 Å². The molecular formula is C18H29BrO. The smallest absolute Gasteiger partial charge is 0.0790 e. The van der Waals surface area contributed by atoms with Gasteiger partial charge < -0.3 is 5.11 Å². The third-order valence-corrected chi connectivity index (χ3v) is 4.77. The van der Waals surface area contributed by atoms with E-state index in [2.05, 4.69) is 35.8 Å². The Kier molecular flexibility index (Phi) is 9.21. The normalized spacial score (nSPS) is 12.6. The first-order valence-corrected chi connectivity index (χ1v) is 8.88. The maximum atomic E-state index is 10.2. The van der Waals surface area contributed by atoms with E-state index >= 15 is 0 Å². The fraction of sp³-hybridized carbons (Fsp3) is 0.667. The van der Waals surface area contributed by atoms with E-state index in [9.17, 15) is 5.11 Å². The molecule has 0 radical (unpaired) electrons. The van der Waals surface area contributed by atoms with Gasteiger partial charge >= 0.3 is 0 Å². The van der Waals surface area contributed by atoms with Crippen molar-refractivity contribution >= 4 is 15.9 Å². The molecule has 114 valence electrons. The summed E-state index contributed by atoms with van der Waals surface area (Å²) in [5, 5.41) is 10.2. The van der Waals surface area contributed by atoms with E-state index in [1.807, 2.05) is 12.1 Å². The summed E-state index contributed by atoms with van der Waals surface area (Å²) in [6.07, 6.45) is 11.1. The van der Waals surface area contributed by atoms with Crippen LogP contribution in [0.25, 0.3) is 0 Å². The van der Waals surface area contributed by atoms with Gasteiger partial charge in [0, 0.05) is 4.47 Å². The van der Waals surface area contributed by atoms with Crippen LogP contribution in [0.4, 0.5) is 0 Å². The fourth-order valence-electron chi connectivity index (χ4n) is 2.45. The molecule has 1 nitrogen and oxygen atoms in total. The van der Waals surface area contributed by atoms with Crippen molar-refractivity contribution in [3.05, 3.63) is 33.8 Å². The van der Waals surface area contributed by atoms with E-state index in [0.29, 0.717) is 0 Å². The molecule has 0 aliphatic carbocycles. The Balaban J connectivity index is 2.13. The van der Waals surface area contributed by atoms with E-state index in [1.54, 1.807) is 0 Å². The first-order valence-electron chi connectivity index (χ1n) is 8.09. The maximum Gasteiger partial charge on any atom is 0.0790 e. The molecule has 0 spiro atoms. The lowest BCUT2D eigenvalue weighted by molar-refractivity contribution is 0.163. The Morgan fingerprint density at radius 1 is 1.00 bits per heavy atom. The van der Waals surface area contributed by atoms with Crippen LogP contribution in [0, 0.1) is 6.92 Å². The number of halogens is 1. The third kappa shape index (κ3) is 6.90. The highest BCUT2D eigenvalue weighted by Gasteiger charge is 2.08. The molecule has 0 bridgehead atoms. The molecular weight excluding hydrogens is 312 g/mol. The van der Waals surface area contributed by atoms with Crippen LogP contribution in [0.15, 0.2) is 22.7 Å². The number of aliphatic hydroxyl groups is 1. The SMILES string of the molecule is CCCCCCCCCCC(O)c1ccc(C)c(Br)c1. The lowest BCUT2D eigenvalue weighted by atomic mass is 10.0. The topological polar surface area (TPSA) is 20.2 Å². The van der Waals surface area contributed by atoms with E-state index in [1.165, 1.54) is 50.5 Å². The number of aliphatic hydroxyl groups excluding tert-OH is 1. The van der Waals surface area contributed by atoms with Gasteiger partial charge in [0.25, 0.3) is 0 Å². The summed E-state index contributed by atoms with van der Waals surface area (Å²) < 4.78 is 1.09. The lowest BCUT2D eigenvalue weighted by Gasteiger charge is -2.12. The molecule has 1 atom stereocenters. The quantitative estimate of drug-likeness (QED) is 0.494. The van der Waals surface area contributed by atoms with Crippen LogP contribution in [-0.4, -0.2) is 5.11 Å². The lowest BCUT2D eigenvalue weighted by Crippen LogP contribution is -1.98. The van der Waals surface area contributed by atoms with Gasteiger partial charge in [-0.25, -0.2) is 0 Å². The molecule has 1 aromatic carbocycles. The molecule has 1 unspecified atom stereocenters. The molecule has 0 fully saturated rings. The van der Waals surface area contributed by atoms with Crippen LogP contribution >= 0.6 is 15.9 Å². The summed E-state index contributed by atoms with van der Waals surface area (Å²) in [5.74, 6) is 0. The minimum Gasteiger partial charge on any atom is -0.388 e. The molecule has 1 aromatic rings. The van der Waals surface area contributed by atoms with Crippen molar-refractivity contribution < 1.29 is 5.11 Å². The van der Waals surface area contributed by atoms with Gasteiger partial charge in [-0.05, 0) is 30.5 Å². The summed E-state index contributed by atoms with van der Waals surface area (Å²) >= 11 is 3.53. The molecule has 1 rings (SSSR count). The molecule has 0 heterocycles. The van der Waals surface area contributed by atoms with Crippen molar-refractivity contribution in [2.75, 3.05) is 0 Å². The standard InChI is InChI=1S/C18H29BrO/c1-3-4-5-6-7-8-9-10-11-18(20)16-13-12-15(2)17(19)14-16/h12-14,18,20H,3-11H2,1-2H3. The highest BCUT2D eigenvalue weighted by Crippen LogP contribution is 2.25.